The number of benzene rings is 1. The van der Waals surface area contributed by atoms with Crippen molar-refractivity contribution in [3.63, 3.8) is 0 Å². The van der Waals surface area contributed by atoms with Gasteiger partial charge in [-0.15, -0.1) is 0 Å². The van der Waals surface area contributed by atoms with Crippen LogP contribution in [-0.2, 0) is 11.2 Å². The summed E-state index contributed by atoms with van der Waals surface area (Å²) in [6, 6.07) is 5.02. The largest absolute Gasteiger partial charge is 0.481 e. The van der Waals surface area contributed by atoms with Gasteiger partial charge in [0.15, 0.2) is 17.5 Å². The highest BCUT2D eigenvalue weighted by atomic mass is 35.5. The summed E-state index contributed by atoms with van der Waals surface area (Å²) in [4.78, 5) is 19.0. The summed E-state index contributed by atoms with van der Waals surface area (Å²) in [5.74, 6) is 0.0623. The van der Waals surface area contributed by atoms with E-state index in [2.05, 4.69) is 15.1 Å². The van der Waals surface area contributed by atoms with Crippen LogP contribution in [0.5, 0.6) is 5.75 Å². The minimum absolute atomic E-state index is 0.0279. The smallest absolute Gasteiger partial charge is 0.303 e. The molecule has 7 nitrogen and oxygen atoms in total. The molecular weight excluding hydrogens is 334 g/mol. The van der Waals surface area contributed by atoms with Gasteiger partial charge in [-0.1, -0.05) is 16.8 Å². The standard InChI is InChI=1S/C16H14ClN3O4/c1-9(16-18-5-2-6-19-16)23-14-8-13-10(7-11(14)17)12(20-24-13)3-4-15(21)22/h2,5-9H,3-4H2,1H3,(H,21,22)/t9-/m1/s1. The molecule has 0 aliphatic carbocycles. The molecule has 24 heavy (non-hydrogen) atoms. The molecule has 8 heteroatoms. The van der Waals surface area contributed by atoms with Crippen LogP contribution in [-0.4, -0.2) is 26.2 Å². The van der Waals surface area contributed by atoms with Crippen LogP contribution in [0.15, 0.2) is 35.1 Å². The van der Waals surface area contributed by atoms with E-state index in [1.54, 1.807) is 30.6 Å². The topological polar surface area (TPSA) is 98.3 Å². The van der Waals surface area contributed by atoms with Crippen LogP contribution in [0.25, 0.3) is 11.0 Å². The van der Waals surface area contributed by atoms with E-state index in [9.17, 15) is 4.79 Å². The SMILES string of the molecule is C[C@@H](Oc1cc2onc(CCC(=O)O)c2cc1Cl)c1ncccn1. The third kappa shape index (κ3) is 3.46. The summed E-state index contributed by atoms with van der Waals surface area (Å²) >= 11 is 6.27. The number of carboxylic acids is 1. The number of carboxylic acid groups (broad SMARTS) is 1. The number of hydrogen-bond acceptors (Lipinski definition) is 6. The predicted octanol–water partition coefficient (Wildman–Crippen LogP) is 3.43. The monoisotopic (exact) mass is 347 g/mol. The Morgan fingerprint density at radius 1 is 1.38 bits per heavy atom. The zero-order valence-corrected chi connectivity index (χ0v) is 13.5. The van der Waals surface area contributed by atoms with Crippen LogP contribution >= 0.6 is 11.6 Å². The molecule has 1 atom stereocenters. The van der Waals surface area contributed by atoms with Gasteiger partial charge in [-0.25, -0.2) is 9.97 Å². The van der Waals surface area contributed by atoms with E-state index in [1.165, 1.54) is 0 Å². The summed E-state index contributed by atoms with van der Waals surface area (Å²) in [6.45, 7) is 1.81. The third-order valence-corrected chi connectivity index (χ3v) is 3.72. The van der Waals surface area contributed by atoms with E-state index in [0.717, 1.165) is 0 Å². The number of carbonyl (C=O) groups is 1. The molecule has 2 heterocycles. The zero-order chi connectivity index (χ0) is 17.1. The zero-order valence-electron chi connectivity index (χ0n) is 12.8. The first-order valence-electron chi connectivity index (χ1n) is 7.27. The highest BCUT2D eigenvalue weighted by Crippen LogP contribution is 2.34. The van der Waals surface area contributed by atoms with E-state index < -0.39 is 12.1 Å². The highest BCUT2D eigenvalue weighted by molar-refractivity contribution is 6.32. The van der Waals surface area contributed by atoms with Gasteiger partial charge in [0, 0.05) is 30.3 Å². The molecule has 3 aromatic rings. The molecule has 0 saturated heterocycles. The molecule has 0 fully saturated rings. The molecule has 1 aromatic carbocycles. The molecular formula is C16H14ClN3O4. The number of aromatic nitrogens is 3. The van der Waals surface area contributed by atoms with Gasteiger partial charge in [0.2, 0.25) is 0 Å². The molecule has 0 aliphatic rings. The van der Waals surface area contributed by atoms with E-state index in [1.807, 2.05) is 6.92 Å². The number of aliphatic carboxylic acids is 1. The van der Waals surface area contributed by atoms with Crippen LogP contribution in [0.3, 0.4) is 0 Å². The predicted molar refractivity (Wildman–Crippen MR) is 86.1 cm³/mol. The summed E-state index contributed by atoms with van der Waals surface area (Å²) in [5, 5.41) is 13.7. The van der Waals surface area contributed by atoms with E-state index in [0.29, 0.717) is 33.3 Å². The first-order chi connectivity index (χ1) is 11.5. The van der Waals surface area contributed by atoms with E-state index in [4.69, 9.17) is 26.0 Å². The first-order valence-corrected chi connectivity index (χ1v) is 7.65. The number of hydrogen-bond donors (Lipinski definition) is 1. The fourth-order valence-corrected chi connectivity index (χ4v) is 2.46. The Kier molecular flexibility index (Phi) is 4.61. The van der Waals surface area contributed by atoms with Crippen molar-refractivity contribution < 1.29 is 19.2 Å². The average Bonchev–Trinajstić information content (AvgIpc) is 2.96. The Hall–Kier alpha value is -2.67. The number of halogens is 1. The molecule has 0 aliphatic heterocycles. The molecule has 0 spiro atoms. The average molecular weight is 348 g/mol. The van der Waals surface area contributed by atoms with Crippen LogP contribution < -0.4 is 4.74 Å². The number of nitrogens with zero attached hydrogens (tertiary/aromatic N) is 3. The summed E-state index contributed by atoms with van der Waals surface area (Å²) < 4.78 is 11.1. The second-order valence-corrected chi connectivity index (χ2v) is 5.58. The van der Waals surface area contributed by atoms with Gasteiger partial charge in [0.1, 0.15) is 5.75 Å². The lowest BCUT2D eigenvalue weighted by Gasteiger charge is -2.14. The van der Waals surface area contributed by atoms with Crippen molar-refractivity contribution in [1.29, 1.82) is 0 Å². The van der Waals surface area contributed by atoms with Gasteiger partial charge in [-0.05, 0) is 19.1 Å². The normalized spacial score (nSPS) is 12.2. The van der Waals surface area contributed by atoms with E-state index in [-0.39, 0.29) is 12.8 Å². The van der Waals surface area contributed by atoms with Gasteiger partial charge in [0.25, 0.3) is 0 Å². The molecule has 0 saturated carbocycles. The molecule has 124 valence electrons. The van der Waals surface area contributed by atoms with Gasteiger partial charge in [-0.2, -0.15) is 0 Å². The van der Waals surface area contributed by atoms with E-state index >= 15 is 0 Å². The first kappa shape index (κ1) is 16.2. The lowest BCUT2D eigenvalue weighted by molar-refractivity contribution is -0.136. The van der Waals surface area contributed by atoms with Crippen LogP contribution in [0, 0.1) is 0 Å². The summed E-state index contributed by atoms with van der Waals surface area (Å²) in [7, 11) is 0. The molecule has 0 bridgehead atoms. The van der Waals surface area contributed by atoms with Gasteiger partial charge >= 0.3 is 5.97 Å². The lowest BCUT2D eigenvalue weighted by Crippen LogP contribution is -2.07. The Morgan fingerprint density at radius 3 is 2.83 bits per heavy atom. The number of aryl methyl sites for hydroxylation is 1. The summed E-state index contributed by atoms with van der Waals surface area (Å²) in [6.07, 6.45) is 3.12. The fraction of sp³-hybridized carbons (Fsp3) is 0.250. The van der Waals surface area contributed by atoms with Crippen molar-refractivity contribution in [2.45, 2.75) is 25.9 Å². The van der Waals surface area contributed by atoms with Gasteiger partial charge < -0.3 is 14.4 Å². The highest BCUT2D eigenvalue weighted by Gasteiger charge is 2.17. The molecule has 2 aromatic heterocycles. The fourth-order valence-electron chi connectivity index (χ4n) is 2.25. The quantitative estimate of drug-likeness (QED) is 0.729. The number of fused-ring (bicyclic) bond motifs is 1. The van der Waals surface area contributed by atoms with Crippen LogP contribution in [0.1, 0.15) is 31.0 Å². The van der Waals surface area contributed by atoms with Crippen molar-refractivity contribution >= 4 is 28.5 Å². The Labute approximate surface area is 142 Å². The Bertz CT molecular complexity index is 866. The molecule has 0 unspecified atom stereocenters. The van der Waals surface area contributed by atoms with Crippen LogP contribution in [0.2, 0.25) is 5.02 Å². The van der Waals surface area contributed by atoms with Crippen LogP contribution in [0.4, 0.5) is 0 Å². The molecule has 0 radical (unpaired) electrons. The van der Waals surface area contributed by atoms with Crippen molar-refractivity contribution in [3.8, 4) is 5.75 Å². The summed E-state index contributed by atoms with van der Waals surface area (Å²) in [5.41, 5.74) is 1.04. The van der Waals surface area contributed by atoms with Crippen molar-refractivity contribution in [2.24, 2.45) is 0 Å². The number of rotatable bonds is 6. The Balaban J connectivity index is 1.85. The van der Waals surface area contributed by atoms with Crippen molar-refractivity contribution in [3.05, 3.63) is 47.1 Å². The second-order valence-electron chi connectivity index (χ2n) is 5.17. The second kappa shape index (κ2) is 6.84. The van der Waals surface area contributed by atoms with Crippen molar-refractivity contribution in [2.75, 3.05) is 0 Å². The van der Waals surface area contributed by atoms with Gasteiger partial charge in [-0.3, -0.25) is 4.79 Å². The third-order valence-electron chi connectivity index (χ3n) is 3.43. The minimum atomic E-state index is -0.895. The maximum absolute atomic E-state index is 10.7. The maximum atomic E-state index is 10.7. The molecule has 1 N–H and O–H groups in total. The Morgan fingerprint density at radius 2 is 2.12 bits per heavy atom. The molecule has 3 rings (SSSR count). The van der Waals surface area contributed by atoms with Crippen molar-refractivity contribution in [1.82, 2.24) is 15.1 Å². The van der Waals surface area contributed by atoms with Gasteiger partial charge in [0.05, 0.1) is 17.1 Å². The minimum Gasteiger partial charge on any atom is -0.481 e. The maximum Gasteiger partial charge on any atom is 0.303 e. The molecule has 0 amide bonds. The number of ether oxygens (including phenoxy) is 1. The lowest BCUT2D eigenvalue weighted by atomic mass is 10.1.